The Morgan fingerprint density at radius 3 is 2.71 bits per heavy atom. The van der Waals surface area contributed by atoms with Crippen molar-refractivity contribution in [3.63, 3.8) is 0 Å². The van der Waals surface area contributed by atoms with Gasteiger partial charge in [-0.25, -0.2) is 0 Å². The molecule has 1 N–H and O–H groups in total. The minimum atomic E-state index is 0.382. The topological polar surface area (TPSA) is 35.9 Å². The van der Waals surface area contributed by atoms with E-state index in [1.165, 1.54) is 45.7 Å². The molecule has 2 aromatic rings. The quantitative estimate of drug-likeness (QED) is 0.535. The Balaban J connectivity index is 0.000000172. The first kappa shape index (κ1) is 25.1. The van der Waals surface area contributed by atoms with Gasteiger partial charge in [-0.3, -0.25) is 4.90 Å². The number of hydroxylamine groups is 2. The van der Waals surface area contributed by atoms with Gasteiger partial charge in [-0.15, -0.1) is 0 Å². The van der Waals surface area contributed by atoms with Crippen LogP contribution in [0.4, 0.5) is 0 Å². The van der Waals surface area contributed by atoms with Gasteiger partial charge in [0, 0.05) is 38.6 Å². The highest BCUT2D eigenvalue weighted by molar-refractivity contribution is 5.54. The molecule has 1 aliphatic heterocycles. The number of rotatable bonds is 6. The third-order valence-electron chi connectivity index (χ3n) is 6.70. The molecule has 183 valence electrons. The summed E-state index contributed by atoms with van der Waals surface area (Å²) in [5.74, 6) is 1.07. The molecule has 2 atom stereocenters. The highest BCUT2D eigenvalue weighted by Crippen LogP contribution is 2.45. The maximum atomic E-state index is 9.96. The molecule has 5 rings (SSSR count). The van der Waals surface area contributed by atoms with Crippen molar-refractivity contribution in [1.29, 1.82) is 0 Å². The van der Waals surface area contributed by atoms with Crippen LogP contribution in [0.2, 0.25) is 0 Å². The number of hydrogen-bond acceptors (Lipinski definition) is 4. The summed E-state index contributed by atoms with van der Waals surface area (Å²) < 4.78 is 5.50. The van der Waals surface area contributed by atoms with E-state index in [1.807, 2.05) is 0 Å². The van der Waals surface area contributed by atoms with Crippen molar-refractivity contribution in [3.05, 3.63) is 88.9 Å². The minimum Gasteiger partial charge on any atom is -0.376 e. The standard InChI is InChI=1S/C18H24NO.C12H17NO/c1-13(2)11-19(20)12-14-7-8-17-15(9-14)5-3-4-6-16-10-18(16)17;1-11-9-13(7-8-14-11)10-12-5-3-2-4-6-12/h6-10,13,18,20H,3-5,11-12H2,1-2H3;2-6,11H,7-10H2,1H3/t;11-/m.0/s1. The number of morpholine rings is 1. The second-order valence-corrected chi connectivity index (χ2v) is 10.4. The molecule has 2 aromatic carbocycles. The van der Waals surface area contributed by atoms with Gasteiger partial charge >= 0.3 is 0 Å². The second-order valence-electron chi connectivity index (χ2n) is 10.4. The highest BCUT2D eigenvalue weighted by Gasteiger charge is 2.29. The van der Waals surface area contributed by atoms with Crippen LogP contribution in [0.5, 0.6) is 0 Å². The molecule has 1 fully saturated rings. The van der Waals surface area contributed by atoms with E-state index in [2.05, 4.69) is 86.7 Å². The van der Waals surface area contributed by atoms with Gasteiger partial charge in [0.05, 0.1) is 12.7 Å². The zero-order valence-corrected chi connectivity index (χ0v) is 21.1. The number of benzene rings is 2. The van der Waals surface area contributed by atoms with Crippen LogP contribution in [0.3, 0.4) is 0 Å². The molecule has 1 saturated heterocycles. The van der Waals surface area contributed by atoms with E-state index in [9.17, 15) is 5.21 Å². The molecule has 4 heteroatoms. The van der Waals surface area contributed by atoms with Crippen LogP contribution in [-0.4, -0.2) is 47.5 Å². The molecule has 2 aliphatic carbocycles. The Labute approximate surface area is 206 Å². The van der Waals surface area contributed by atoms with Crippen LogP contribution in [0.25, 0.3) is 0 Å². The van der Waals surface area contributed by atoms with Gasteiger partial charge in [0.25, 0.3) is 0 Å². The Hall–Kier alpha value is -1.98. The van der Waals surface area contributed by atoms with Crippen molar-refractivity contribution in [2.24, 2.45) is 5.92 Å². The minimum absolute atomic E-state index is 0.382. The number of allylic oxidation sites excluding steroid dienone is 2. The maximum Gasteiger partial charge on any atom is 0.0674 e. The zero-order chi connectivity index (χ0) is 23.9. The van der Waals surface area contributed by atoms with E-state index in [1.54, 1.807) is 0 Å². The average molecular weight is 462 g/mol. The van der Waals surface area contributed by atoms with Crippen molar-refractivity contribution in [3.8, 4) is 0 Å². The Bertz CT molecular complexity index is 940. The van der Waals surface area contributed by atoms with Gasteiger partial charge in [-0.2, -0.15) is 5.06 Å². The molecular formula is C30H41N2O2. The van der Waals surface area contributed by atoms with Gasteiger partial charge in [0.1, 0.15) is 0 Å². The first-order valence-corrected chi connectivity index (χ1v) is 13.0. The predicted octanol–water partition coefficient (Wildman–Crippen LogP) is 6.01. The maximum absolute atomic E-state index is 9.96. The second kappa shape index (κ2) is 12.1. The Morgan fingerprint density at radius 1 is 1.12 bits per heavy atom. The number of nitrogens with zero attached hydrogens (tertiary/aromatic N) is 2. The van der Waals surface area contributed by atoms with Crippen LogP contribution in [0, 0.1) is 12.3 Å². The molecule has 0 aromatic heterocycles. The van der Waals surface area contributed by atoms with Crippen molar-refractivity contribution in [2.75, 3.05) is 26.2 Å². The van der Waals surface area contributed by atoms with Crippen molar-refractivity contribution < 1.29 is 9.94 Å². The molecule has 1 unspecified atom stereocenters. The van der Waals surface area contributed by atoms with Gasteiger partial charge in [-0.1, -0.05) is 74.0 Å². The van der Waals surface area contributed by atoms with Crippen LogP contribution < -0.4 is 0 Å². The molecule has 0 amide bonds. The van der Waals surface area contributed by atoms with Crippen LogP contribution >= 0.6 is 0 Å². The fourth-order valence-corrected chi connectivity index (χ4v) is 5.02. The van der Waals surface area contributed by atoms with E-state index in [4.69, 9.17) is 4.74 Å². The Morgan fingerprint density at radius 2 is 1.94 bits per heavy atom. The summed E-state index contributed by atoms with van der Waals surface area (Å²) in [7, 11) is 0. The lowest BCUT2D eigenvalue weighted by molar-refractivity contribution is -0.107. The van der Waals surface area contributed by atoms with E-state index < -0.39 is 0 Å². The van der Waals surface area contributed by atoms with Crippen LogP contribution in [0.15, 0.2) is 60.2 Å². The number of fused-ring (bicyclic) bond motifs is 3. The lowest BCUT2D eigenvalue weighted by Crippen LogP contribution is -2.40. The smallest absolute Gasteiger partial charge is 0.0674 e. The summed E-state index contributed by atoms with van der Waals surface area (Å²) in [6.45, 7) is 11.8. The fourth-order valence-electron chi connectivity index (χ4n) is 5.02. The fraction of sp³-hybridized carbons (Fsp3) is 0.500. The molecule has 0 bridgehead atoms. The lowest BCUT2D eigenvalue weighted by atomic mass is 9.91. The summed E-state index contributed by atoms with van der Waals surface area (Å²) in [4.78, 5) is 2.45. The number of aryl methyl sites for hydroxylation is 1. The SMILES string of the molecule is CC(C)CN(O)Cc1ccc2c(c1)CCC[CH]C1=CC12.C[C@H]1CN(Cc2ccccc2)CCO1. The molecule has 0 spiro atoms. The van der Waals surface area contributed by atoms with E-state index >= 15 is 0 Å². The summed E-state index contributed by atoms with van der Waals surface area (Å²) in [6.07, 6.45) is 8.72. The molecule has 3 aliphatic rings. The summed E-state index contributed by atoms with van der Waals surface area (Å²) >= 11 is 0. The third-order valence-corrected chi connectivity index (χ3v) is 6.70. The summed E-state index contributed by atoms with van der Waals surface area (Å²) in [5, 5.41) is 11.4. The van der Waals surface area contributed by atoms with Crippen molar-refractivity contribution in [2.45, 2.75) is 65.1 Å². The van der Waals surface area contributed by atoms with Gasteiger partial charge in [-0.05, 0) is 60.8 Å². The highest BCUT2D eigenvalue weighted by atomic mass is 16.5. The van der Waals surface area contributed by atoms with Gasteiger partial charge in [0.15, 0.2) is 0 Å². The summed E-state index contributed by atoms with van der Waals surface area (Å²) in [6, 6.07) is 17.4. The predicted molar refractivity (Wildman–Crippen MR) is 139 cm³/mol. The molecule has 4 nitrogen and oxygen atoms in total. The monoisotopic (exact) mass is 461 g/mol. The van der Waals surface area contributed by atoms with E-state index in [0.717, 1.165) is 39.2 Å². The first-order chi connectivity index (χ1) is 16.5. The Kier molecular flexibility index (Phi) is 8.96. The largest absolute Gasteiger partial charge is 0.376 e. The van der Waals surface area contributed by atoms with E-state index in [0.29, 0.717) is 24.5 Å². The first-order valence-electron chi connectivity index (χ1n) is 13.0. The molecule has 34 heavy (non-hydrogen) atoms. The van der Waals surface area contributed by atoms with Gasteiger partial charge in [0.2, 0.25) is 0 Å². The third kappa shape index (κ3) is 7.51. The average Bonchev–Trinajstić information content (AvgIpc) is 3.54. The van der Waals surface area contributed by atoms with Crippen molar-refractivity contribution >= 4 is 0 Å². The zero-order valence-electron chi connectivity index (χ0n) is 21.1. The molecule has 1 heterocycles. The van der Waals surface area contributed by atoms with Crippen LogP contribution in [0.1, 0.15) is 61.8 Å². The lowest BCUT2D eigenvalue weighted by Gasteiger charge is -2.31. The van der Waals surface area contributed by atoms with Crippen LogP contribution in [-0.2, 0) is 24.2 Å². The normalized spacial score (nSPS) is 22.1. The van der Waals surface area contributed by atoms with Gasteiger partial charge < -0.3 is 9.94 Å². The number of ether oxygens (including phenoxy) is 1. The molecule has 1 radical (unpaired) electrons. The number of hydrogen-bond donors (Lipinski definition) is 1. The molecular weight excluding hydrogens is 420 g/mol. The molecule has 0 saturated carbocycles. The summed E-state index contributed by atoms with van der Waals surface area (Å²) in [5.41, 5.74) is 7.08. The van der Waals surface area contributed by atoms with Crippen molar-refractivity contribution in [1.82, 2.24) is 9.96 Å². The van der Waals surface area contributed by atoms with E-state index in [-0.39, 0.29) is 0 Å².